The van der Waals surface area contributed by atoms with E-state index in [1.54, 1.807) is 13.8 Å². The number of nitrogens with zero attached hydrogens (tertiary/aromatic N) is 1. The zero-order chi connectivity index (χ0) is 15.5. The fraction of sp³-hybridized carbons (Fsp3) is 0.385. The van der Waals surface area contributed by atoms with Crippen molar-refractivity contribution in [3.63, 3.8) is 0 Å². The number of benzene rings is 1. The van der Waals surface area contributed by atoms with Crippen LogP contribution in [0.3, 0.4) is 0 Å². The van der Waals surface area contributed by atoms with E-state index in [0.717, 1.165) is 16.4 Å². The van der Waals surface area contributed by atoms with Crippen LogP contribution in [0.2, 0.25) is 0 Å². The molecule has 0 aliphatic rings. The number of hydrogen-bond donors (Lipinski definition) is 1. The van der Waals surface area contributed by atoms with Crippen molar-refractivity contribution >= 4 is 10.0 Å². The molecule has 1 rings (SSSR count). The average Bonchev–Trinajstić information content (AvgIpc) is 2.38. The van der Waals surface area contributed by atoms with Crippen LogP contribution < -0.4 is 5.73 Å². The fourth-order valence-electron chi connectivity index (χ4n) is 1.73. The molecule has 1 aromatic carbocycles. The molecule has 0 unspecified atom stereocenters. The molecule has 0 saturated carbocycles. The molecule has 4 nitrogen and oxygen atoms in total. The van der Waals surface area contributed by atoms with E-state index in [0.29, 0.717) is 5.57 Å². The maximum atomic E-state index is 13.8. The summed E-state index contributed by atoms with van der Waals surface area (Å²) in [5, 5.41) is 0. The van der Waals surface area contributed by atoms with Crippen LogP contribution in [0.25, 0.3) is 0 Å². The Kier molecular flexibility index (Phi) is 5.38. The third-order valence-corrected chi connectivity index (χ3v) is 4.63. The molecule has 0 bridgehead atoms. The second-order valence-electron chi connectivity index (χ2n) is 4.48. The van der Waals surface area contributed by atoms with Gasteiger partial charge in [0.15, 0.2) is 11.6 Å². The molecule has 0 heterocycles. The van der Waals surface area contributed by atoms with E-state index in [1.165, 1.54) is 0 Å². The lowest BCUT2D eigenvalue weighted by Crippen LogP contribution is -2.33. The number of nitrogens with two attached hydrogens (primary N) is 1. The van der Waals surface area contributed by atoms with Crippen LogP contribution >= 0.6 is 0 Å². The topological polar surface area (TPSA) is 63.4 Å². The van der Waals surface area contributed by atoms with Gasteiger partial charge in [-0.15, -0.1) is 0 Å². The molecule has 0 aliphatic heterocycles. The second kappa shape index (κ2) is 6.43. The Balaban J connectivity index is 3.40. The van der Waals surface area contributed by atoms with Crippen molar-refractivity contribution in [3.05, 3.63) is 41.5 Å². The lowest BCUT2D eigenvalue weighted by Gasteiger charge is -2.21. The third-order valence-electron chi connectivity index (χ3n) is 2.71. The summed E-state index contributed by atoms with van der Waals surface area (Å²) in [6.07, 6.45) is 0. The van der Waals surface area contributed by atoms with Crippen molar-refractivity contribution in [3.8, 4) is 0 Å². The minimum atomic E-state index is -4.13. The predicted octanol–water partition coefficient (Wildman–Crippen LogP) is 2.01. The van der Waals surface area contributed by atoms with Gasteiger partial charge >= 0.3 is 0 Å². The van der Waals surface area contributed by atoms with E-state index in [1.807, 2.05) is 0 Å². The Morgan fingerprint density at radius 2 is 2.00 bits per heavy atom. The number of rotatable bonds is 6. The van der Waals surface area contributed by atoms with Gasteiger partial charge in [0, 0.05) is 19.6 Å². The Bertz CT molecular complexity index is 615. The summed E-state index contributed by atoms with van der Waals surface area (Å²) in [5.74, 6) is -2.61. The van der Waals surface area contributed by atoms with E-state index in [2.05, 4.69) is 6.58 Å². The molecule has 0 fully saturated rings. The Hall–Kier alpha value is -1.31. The first-order valence-corrected chi connectivity index (χ1v) is 7.50. The normalized spacial score (nSPS) is 11.9. The van der Waals surface area contributed by atoms with E-state index in [4.69, 9.17) is 5.73 Å². The van der Waals surface area contributed by atoms with Crippen LogP contribution in [-0.4, -0.2) is 25.8 Å². The van der Waals surface area contributed by atoms with Crippen molar-refractivity contribution < 1.29 is 17.2 Å². The van der Waals surface area contributed by atoms with Crippen molar-refractivity contribution in [2.45, 2.75) is 25.3 Å². The summed E-state index contributed by atoms with van der Waals surface area (Å²) < 4.78 is 53.0. The molecule has 0 radical (unpaired) electrons. The fourth-order valence-corrected chi connectivity index (χ4v) is 3.36. The minimum Gasteiger partial charge on any atom is -0.326 e. The smallest absolute Gasteiger partial charge is 0.246 e. The minimum absolute atomic E-state index is 0.0484. The summed E-state index contributed by atoms with van der Waals surface area (Å²) in [6, 6.07) is 1.96. The average molecular weight is 304 g/mol. The van der Waals surface area contributed by atoms with E-state index in [9.17, 15) is 17.2 Å². The van der Waals surface area contributed by atoms with Crippen molar-refractivity contribution in [2.24, 2.45) is 5.73 Å². The maximum Gasteiger partial charge on any atom is 0.246 e. The first-order valence-electron chi connectivity index (χ1n) is 6.06. The van der Waals surface area contributed by atoms with Gasteiger partial charge in [0.05, 0.1) is 0 Å². The van der Waals surface area contributed by atoms with Crippen molar-refractivity contribution in [1.29, 1.82) is 0 Å². The molecule has 2 N–H and O–H groups in total. The molecule has 20 heavy (non-hydrogen) atoms. The number of hydrogen-bond acceptors (Lipinski definition) is 3. The summed E-state index contributed by atoms with van der Waals surface area (Å²) in [7, 11) is -4.13. The lowest BCUT2D eigenvalue weighted by atomic mass is 10.2. The molecule has 0 spiro atoms. The maximum absolute atomic E-state index is 13.8. The van der Waals surface area contributed by atoms with Gasteiger partial charge in [-0.1, -0.05) is 19.1 Å². The van der Waals surface area contributed by atoms with Crippen LogP contribution in [0.5, 0.6) is 0 Å². The molecule has 1 aromatic rings. The number of likely N-dealkylation sites (N-methyl/N-ethyl adjacent to an activating group) is 1. The molecule has 112 valence electrons. The molecular weight excluding hydrogens is 286 g/mol. The van der Waals surface area contributed by atoms with Gasteiger partial charge in [0.2, 0.25) is 10.0 Å². The SMILES string of the molecule is C=C(C)CN(CC)S(=O)(=O)c1cc(CN)cc(F)c1F. The molecule has 0 aliphatic carbocycles. The Labute approximate surface area is 117 Å². The molecule has 7 heteroatoms. The van der Waals surface area contributed by atoms with Gasteiger partial charge in [-0.25, -0.2) is 17.2 Å². The van der Waals surface area contributed by atoms with E-state index in [-0.39, 0.29) is 25.2 Å². The van der Waals surface area contributed by atoms with Gasteiger partial charge in [0.1, 0.15) is 4.90 Å². The highest BCUT2D eigenvalue weighted by molar-refractivity contribution is 7.89. The van der Waals surface area contributed by atoms with Crippen LogP contribution in [-0.2, 0) is 16.6 Å². The van der Waals surface area contributed by atoms with Crippen LogP contribution in [0.4, 0.5) is 8.78 Å². The summed E-state index contributed by atoms with van der Waals surface area (Å²) >= 11 is 0. The van der Waals surface area contributed by atoms with E-state index >= 15 is 0 Å². The standard InChI is InChI=1S/C13H18F2N2O2S/c1-4-17(8-9(2)3)20(18,19)12-6-10(7-16)5-11(14)13(12)15/h5-6H,2,4,7-8,16H2,1,3H3. The molecule has 0 aromatic heterocycles. The third kappa shape index (κ3) is 3.41. The molecule has 0 saturated heterocycles. The van der Waals surface area contributed by atoms with Gasteiger partial charge in [-0.05, 0) is 24.6 Å². The highest BCUT2D eigenvalue weighted by Gasteiger charge is 2.28. The van der Waals surface area contributed by atoms with Crippen LogP contribution in [0.15, 0.2) is 29.2 Å². The summed E-state index contributed by atoms with van der Waals surface area (Å²) in [5.41, 5.74) is 6.18. The summed E-state index contributed by atoms with van der Waals surface area (Å²) in [6.45, 7) is 7.00. The highest BCUT2D eigenvalue weighted by atomic mass is 32.2. The molecule has 0 amide bonds. The zero-order valence-electron chi connectivity index (χ0n) is 11.5. The van der Waals surface area contributed by atoms with Crippen LogP contribution in [0, 0.1) is 11.6 Å². The highest BCUT2D eigenvalue weighted by Crippen LogP contribution is 2.23. The number of sulfonamides is 1. The second-order valence-corrected chi connectivity index (χ2v) is 6.39. The largest absolute Gasteiger partial charge is 0.326 e. The number of halogens is 2. The molecular formula is C13H18F2N2O2S. The lowest BCUT2D eigenvalue weighted by molar-refractivity contribution is 0.437. The van der Waals surface area contributed by atoms with Gasteiger partial charge in [0.25, 0.3) is 0 Å². The van der Waals surface area contributed by atoms with Crippen molar-refractivity contribution in [2.75, 3.05) is 13.1 Å². The monoisotopic (exact) mass is 304 g/mol. The first kappa shape index (κ1) is 16.7. The first-order chi connectivity index (χ1) is 9.23. The molecule has 0 atom stereocenters. The predicted molar refractivity (Wildman–Crippen MR) is 73.5 cm³/mol. The van der Waals surface area contributed by atoms with Crippen LogP contribution in [0.1, 0.15) is 19.4 Å². The van der Waals surface area contributed by atoms with Crippen molar-refractivity contribution in [1.82, 2.24) is 4.31 Å². The van der Waals surface area contributed by atoms with Gasteiger partial charge in [-0.2, -0.15) is 4.31 Å². The zero-order valence-corrected chi connectivity index (χ0v) is 12.3. The van der Waals surface area contributed by atoms with Gasteiger partial charge < -0.3 is 5.73 Å². The Morgan fingerprint density at radius 1 is 1.40 bits per heavy atom. The van der Waals surface area contributed by atoms with Gasteiger partial charge in [-0.3, -0.25) is 0 Å². The quantitative estimate of drug-likeness (QED) is 0.818. The Morgan fingerprint density at radius 3 is 2.45 bits per heavy atom. The van der Waals surface area contributed by atoms with E-state index < -0.39 is 26.6 Å². The summed E-state index contributed by atoms with van der Waals surface area (Å²) in [4.78, 5) is -0.693.